The minimum atomic E-state index is 0. The van der Waals surface area contributed by atoms with Crippen LogP contribution in [0.3, 0.4) is 0 Å². The van der Waals surface area contributed by atoms with E-state index in [9.17, 15) is 0 Å². The van der Waals surface area contributed by atoms with Gasteiger partial charge in [0, 0.05) is 0 Å². The van der Waals surface area contributed by atoms with Crippen molar-refractivity contribution in [1.82, 2.24) is 0 Å². The summed E-state index contributed by atoms with van der Waals surface area (Å²) in [4.78, 5) is 0. The van der Waals surface area contributed by atoms with E-state index in [1.807, 2.05) is 38.5 Å². The van der Waals surface area contributed by atoms with E-state index < -0.39 is 0 Å². The van der Waals surface area contributed by atoms with E-state index in [1.54, 1.807) is 0 Å². The standard InChI is InChI=1S/C10H13.C3H7.W/c1-10(2,3)9-7-5-4-6-8-9;1-3-2;/h4-5,7-8H,1-3H3;3H,1-2H3;/q2*-1;+2. The van der Waals surface area contributed by atoms with Gasteiger partial charge in [-0.15, -0.1) is 0 Å². The minimum Gasteiger partial charge on any atom is -0.335 e. The second-order valence-corrected chi connectivity index (χ2v) is 4.12. The molecule has 0 aliphatic heterocycles. The van der Waals surface area contributed by atoms with Gasteiger partial charge in [-0.1, -0.05) is 26.2 Å². The summed E-state index contributed by atoms with van der Waals surface area (Å²) in [6.45, 7) is 10.6. The molecule has 0 nitrogen and oxygen atoms in total. The van der Waals surface area contributed by atoms with Crippen molar-refractivity contribution < 1.29 is 21.1 Å². The maximum Gasteiger partial charge on any atom is 2.00 e. The number of rotatable bonds is 0. The molecule has 0 fully saturated rings. The first-order valence-corrected chi connectivity index (χ1v) is 4.73. The van der Waals surface area contributed by atoms with Gasteiger partial charge < -0.3 is 6.42 Å². The third-order valence-corrected chi connectivity index (χ3v) is 1.57. The molecule has 0 spiro atoms. The van der Waals surface area contributed by atoms with Crippen molar-refractivity contribution in [2.45, 2.75) is 40.0 Å². The van der Waals surface area contributed by atoms with Crippen molar-refractivity contribution in [3.8, 4) is 0 Å². The first-order chi connectivity index (χ1) is 6.02. The van der Waals surface area contributed by atoms with Gasteiger partial charge in [-0.3, -0.25) is 0 Å². The van der Waals surface area contributed by atoms with Crippen molar-refractivity contribution in [1.29, 1.82) is 0 Å². The Balaban J connectivity index is 0. The maximum absolute atomic E-state index is 3.07. The quantitative estimate of drug-likeness (QED) is 0.614. The Bertz CT molecular complexity index is 208. The van der Waals surface area contributed by atoms with Crippen LogP contribution < -0.4 is 0 Å². The summed E-state index contributed by atoms with van der Waals surface area (Å²) in [6.07, 6.45) is 2.00. The molecule has 0 aliphatic rings. The Morgan fingerprint density at radius 3 is 1.93 bits per heavy atom. The molecule has 0 aliphatic carbocycles. The normalized spacial score (nSPS) is 9.50. The van der Waals surface area contributed by atoms with E-state index in [1.165, 1.54) is 5.56 Å². The zero-order chi connectivity index (χ0) is 10.3. The molecule has 0 N–H and O–H groups in total. The van der Waals surface area contributed by atoms with E-state index in [4.69, 9.17) is 0 Å². The van der Waals surface area contributed by atoms with Crippen LogP contribution >= 0.6 is 0 Å². The average Bonchev–Trinajstić information content (AvgIpc) is 2.06. The molecule has 0 radical (unpaired) electrons. The van der Waals surface area contributed by atoms with E-state index in [2.05, 4.69) is 32.9 Å². The van der Waals surface area contributed by atoms with Crippen LogP contribution in [0.4, 0.5) is 0 Å². The predicted octanol–water partition coefficient (Wildman–Crippen LogP) is 4.01. The first-order valence-electron chi connectivity index (χ1n) is 4.73. The van der Waals surface area contributed by atoms with Crippen LogP contribution in [0.1, 0.15) is 40.2 Å². The summed E-state index contributed by atoms with van der Waals surface area (Å²) in [7, 11) is 0. The molecule has 0 unspecified atom stereocenters. The molecule has 14 heavy (non-hydrogen) atoms. The molecule has 1 heteroatoms. The molecule has 0 saturated heterocycles. The fourth-order valence-corrected chi connectivity index (χ4v) is 0.860. The molecule has 0 heterocycles. The molecule has 0 aromatic heterocycles. The van der Waals surface area contributed by atoms with Gasteiger partial charge in [0.2, 0.25) is 0 Å². The first kappa shape index (κ1) is 16.3. The molecular weight excluding hydrogens is 340 g/mol. The van der Waals surface area contributed by atoms with E-state index in [0.29, 0.717) is 0 Å². The second kappa shape index (κ2) is 8.24. The van der Waals surface area contributed by atoms with Crippen LogP contribution in [0.25, 0.3) is 0 Å². The van der Waals surface area contributed by atoms with Gasteiger partial charge in [0.25, 0.3) is 0 Å². The van der Waals surface area contributed by atoms with Crippen LogP contribution in [0.5, 0.6) is 0 Å². The van der Waals surface area contributed by atoms with Crippen LogP contribution in [-0.4, -0.2) is 0 Å². The van der Waals surface area contributed by atoms with Crippen LogP contribution in [0.15, 0.2) is 24.3 Å². The topological polar surface area (TPSA) is 0 Å². The summed E-state index contributed by atoms with van der Waals surface area (Å²) < 4.78 is 0. The molecule has 0 atom stereocenters. The number of hydrogen-bond donors (Lipinski definition) is 0. The molecule has 1 aromatic carbocycles. The fourth-order valence-electron chi connectivity index (χ4n) is 0.860. The molecule has 0 saturated carbocycles. The summed E-state index contributed by atoms with van der Waals surface area (Å²) in [6, 6.07) is 11.2. The molecule has 1 rings (SSSR count). The Kier molecular flexibility index (Phi) is 9.61. The summed E-state index contributed by atoms with van der Waals surface area (Å²) in [5.41, 5.74) is 1.60. The van der Waals surface area contributed by atoms with E-state index in [0.717, 1.165) is 0 Å². The third kappa shape index (κ3) is 7.33. The Labute approximate surface area is 103 Å². The van der Waals surface area contributed by atoms with Gasteiger partial charge in [-0.25, -0.2) is 0 Å². The van der Waals surface area contributed by atoms with Crippen molar-refractivity contribution >= 4 is 0 Å². The number of hydrogen-bond acceptors (Lipinski definition) is 0. The molecule has 0 amide bonds. The monoisotopic (exact) mass is 360 g/mol. The van der Waals surface area contributed by atoms with E-state index >= 15 is 0 Å². The summed E-state index contributed by atoms with van der Waals surface area (Å²) in [5.74, 6) is 0. The third-order valence-electron chi connectivity index (χ3n) is 1.57. The summed E-state index contributed by atoms with van der Waals surface area (Å²) in [5, 5.41) is 0. The van der Waals surface area contributed by atoms with Crippen LogP contribution in [0, 0.1) is 12.5 Å². The Morgan fingerprint density at radius 2 is 1.71 bits per heavy atom. The van der Waals surface area contributed by atoms with Crippen molar-refractivity contribution in [3.05, 3.63) is 42.3 Å². The number of benzene rings is 1. The van der Waals surface area contributed by atoms with Crippen molar-refractivity contribution in [2.24, 2.45) is 0 Å². The minimum absolute atomic E-state index is 0. The smallest absolute Gasteiger partial charge is 0.335 e. The zero-order valence-electron chi connectivity index (χ0n) is 9.79. The predicted molar refractivity (Wildman–Crippen MR) is 59.6 cm³/mol. The van der Waals surface area contributed by atoms with Gasteiger partial charge in [-0.05, 0) is 0 Å². The summed E-state index contributed by atoms with van der Waals surface area (Å²) >= 11 is 0. The van der Waals surface area contributed by atoms with E-state index in [-0.39, 0.29) is 26.5 Å². The van der Waals surface area contributed by atoms with Gasteiger partial charge in [0.05, 0.1) is 0 Å². The maximum atomic E-state index is 3.07. The van der Waals surface area contributed by atoms with Gasteiger partial charge in [0.15, 0.2) is 0 Å². The Hall–Kier alpha value is -0.0917. The van der Waals surface area contributed by atoms with Crippen LogP contribution in [-0.2, 0) is 26.5 Å². The fraction of sp³-hybridized carbons (Fsp3) is 0.462. The SMILES string of the molecule is CC(C)(C)c1c[c-]ccc1.C[CH-]C.[W+2]. The molecule has 1 aromatic rings. The van der Waals surface area contributed by atoms with Gasteiger partial charge in [0.1, 0.15) is 0 Å². The Morgan fingerprint density at radius 1 is 1.21 bits per heavy atom. The van der Waals surface area contributed by atoms with Crippen LogP contribution in [0.2, 0.25) is 0 Å². The molecule has 78 valence electrons. The van der Waals surface area contributed by atoms with Gasteiger partial charge in [-0.2, -0.15) is 49.7 Å². The van der Waals surface area contributed by atoms with Crippen molar-refractivity contribution in [2.75, 3.05) is 0 Å². The molecular formula is C13H20W. The molecule has 0 bridgehead atoms. The van der Waals surface area contributed by atoms with Crippen molar-refractivity contribution in [3.63, 3.8) is 0 Å². The average molecular weight is 360 g/mol. The second-order valence-electron chi connectivity index (χ2n) is 4.12. The zero-order valence-corrected chi connectivity index (χ0v) is 12.7. The van der Waals surface area contributed by atoms with Gasteiger partial charge >= 0.3 is 21.1 Å². The largest absolute Gasteiger partial charge is 2.00 e.